The molecule has 1 heterocycles. The number of para-hydroxylation sites is 1. The highest BCUT2D eigenvalue weighted by Gasteiger charge is 2.19. The summed E-state index contributed by atoms with van der Waals surface area (Å²) < 4.78 is 27.2. The number of thiophene rings is 1. The smallest absolute Gasteiger partial charge is 0.263 e. The van der Waals surface area contributed by atoms with Crippen molar-refractivity contribution < 1.29 is 8.42 Å². The molecule has 0 radical (unpaired) electrons. The molecule has 4 nitrogen and oxygen atoms in total. The molecule has 0 bridgehead atoms. The summed E-state index contributed by atoms with van der Waals surface area (Å²) >= 11 is 1.45. The van der Waals surface area contributed by atoms with Crippen molar-refractivity contribution in [3.8, 4) is 0 Å². The Kier molecular flexibility index (Phi) is 4.57. The predicted molar refractivity (Wildman–Crippen MR) is 79.0 cm³/mol. The zero-order chi connectivity index (χ0) is 13.7. The molecule has 0 spiro atoms. The summed E-state index contributed by atoms with van der Waals surface area (Å²) in [5, 5.41) is 4.94. The number of sulfonamides is 1. The fourth-order valence-corrected chi connectivity index (χ4v) is 4.13. The van der Waals surface area contributed by atoms with Gasteiger partial charge in [0.2, 0.25) is 0 Å². The summed E-state index contributed by atoms with van der Waals surface area (Å²) in [5.41, 5.74) is 0.572. The molecule has 0 unspecified atom stereocenters. The zero-order valence-electron chi connectivity index (χ0n) is 10.6. The van der Waals surface area contributed by atoms with Crippen LogP contribution >= 0.6 is 11.3 Å². The summed E-state index contributed by atoms with van der Waals surface area (Å²) in [6.07, 6.45) is 0. The van der Waals surface area contributed by atoms with E-state index in [2.05, 4.69) is 10.0 Å². The van der Waals surface area contributed by atoms with Crippen molar-refractivity contribution in [3.63, 3.8) is 0 Å². The first-order chi connectivity index (χ1) is 9.13. The first-order valence-electron chi connectivity index (χ1n) is 5.98. The third-order valence-electron chi connectivity index (χ3n) is 2.56. The van der Waals surface area contributed by atoms with Crippen LogP contribution in [0.4, 0.5) is 5.69 Å². The van der Waals surface area contributed by atoms with Crippen LogP contribution in [0.1, 0.15) is 11.8 Å². The molecule has 0 saturated carbocycles. The second-order valence-electron chi connectivity index (χ2n) is 3.96. The SMILES string of the molecule is CCNCc1sccc1S(=O)(=O)Nc1ccccc1. The molecule has 102 valence electrons. The van der Waals surface area contributed by atoms with Crippen LogP contribution in [-0.4, -0.2) is 15.0 Å². The molecule has 0 saturated heterocycles. The van der Waals surface area contributed by atoms with Crippen LogP contribution < -0.4 is 10.0 Å². The van der Waals surface area contributed by atoms with Gasteiger partial charge in [-0.25, -0.2) is 8.42 Å². The minimum absolute atomic E-state index is 0.349. The predicted octanol–water partition coefficient (Wildman–Crippen LogP) is 2.66. The number of hydrogen-bond donors (Lipinski definition) is 2. The molecule has 2 N–H and O–H groups in total. The van der Waals surface area contributed by atoms with Crippen LogP contribution in [0.25, 0.3) is 0 Å². The van der Waals surface area contributed by atoms with Gasteiger partial charge in [-0.3, -0.25) is 4.72 Å². The molecule has 0 amide bonds. The molecule has 0 aliphatic carbocycles. The molecule has 0 fully saturated rings. The van der Waals surface area contributed by atoms with Crippen molar-refractivity contribution in [2.45, 2.75) is 18.4 Å². The standard InChI is InChI=1S/C13H16N2O2S2/c1-2-14-10-12-13(8-9-18-12)19(16,17)15-11-6-4-3-5-7-11/h3-9,14-15H,2,10H2,1H3. The minimum atomic E-state index is -3.51. The third-order valence-corrected chi connectivity index (χ3v) is 5.07. The quantitative estimate of drug-likeness (QED) is 0.861. The van der Waals surface area contributed by atoms with Gasteiger partial charge >= 0.3 is 0 Å². The van der Waals surface area contributed by atoms with Crippen LogP contribution in [0.2, 0.25) is 0 Å². The Morgan fingerprint density at radius 1 is 1.16 bits per heavy atom. The average molecular weight is 296 g/mol. The topological polar surface area (TPSA) is 58.2 Å². The molecule has 0 atom stereocenters. The van der Waals surface area contributed by atoms with Crippen LogP contribution in [0.3, 0.4) is 0 Å². The van der Waals surface area contributed by atoms with E-state index in [0.717, 1.165) is 11.4 Å². The van der Waals surface area contributed by atoms with Crippen LogP contribution in [0.5, 0.6) is 0 Å². The Balaban J connectivity index is 2.22. The van der Waals surface area contributed by atoms with Crippen molar-refractivity contribution in [1.29, 1.82) is 0 Å². The van der Waals surface area contributed by atoms with E-state index in [0.29, 0.717) is 17.1 Å². The molecule has 2 rings (SSSR count). The molecule has 6 heteroatoms. The van der Waals surface area contributed by atoms with Crippen LogP contribution in [0.15, 0.2) is 46.7 Å². The first kappa shape index (κ1) is 14.0. The average Bonchev–Trinajstić information content (AvgIpc) is 2.86. The van der Waals surface area contributed by atoms with Crippen molar-refractivity contribution >= 4 is 27.0 Å². The lowest BCUT2D eigenvalue weighted by Gasteiger charge is -2.09. The van der Waals surface area contributed by atoms with E-state index in [1.807, 2.05) is 13.0 Å². The summed E-state index contributed by atoms with van der Waals surface area (Å²) in [6, 6.07) is 10.5. The van der Waals surface area contributed by atoms with E-state index in [9.17, 15) is 8.42 Å². The Morgan fingerprint density at radius 2 is 1.89 bits per heavy atom. The highest BCUT2D eigenvalue weighted by Crippen LogP contribution is 2.24. The number of hydrogen-bond acceptors (Lipinski definition) is 4. The van der Waals surface area contributed by atoms with Gasteiger partial charge in [0.25, 0.3) is 10.0 Å². The van der Waals surface area contributed by atoms with E-state index in [1.54, 1.807) is 35.7 Å². The van der Waals surface area contributed by atoms with Gasteiger partial charge in [0.1, 0.15) is 4.90 Å². The summed E-state index contributed by atoms with van der Waals surface area (Å²) in [7, 11) is -3.51. The molecule has 0 aliphatic heterocycles. The van der Waals surface area contributed by atoms with Gasteiger partial charge in [0, 0.05) is 17.1 Å². The van der Waals surface area contributed by atoms with E-state index in [-0.39, 0.29) is 0 Å². The second kappa shape index (κ2) is 6.18. The van der Waals surface area contributed by atoms with Gasteiger partial charge in [-0.15, -0.1) is 11.3 Å². The monoisotopic (exact) mass is 296 g/mol. The minimum Gasteiger partial charge on any atom is -0.312 e. The second-order valence-corrected chi connectivity index (χ2v) is 6.61. The van der Waals surface area contributed by atoms with Crippen molar-refractivity contribution in [2.24, 2.45) is 0 Å². The van der Waals surface area contributed by atoms with Gasteiger partial charge in [-0.05, 0) is 30.1 Å². The molecule has 0 aliphatic rings. The highest BCUT2D eigenvalue weighted by molar-refractivity contribution is 7.93. The molecule has 19 heavy (non-hydrogen) atoms. The molecular weight excluding hydrogens is 280 g/mol. The van der Waals surface area contributed by atoms with Crippen LogP contribution in [-0.2, 0) is 16.6 Å². The molecule has 2 aromatic rings. The maximum absolute atomic E-state index is 12.3. The summed E-state index contributed by atoms with van der Waals surface area (Å²) in [6.45, 7) is 3.37. The first-order valence-corrected chi connectivity index (χ1v) is 8.34. The lowest BCUT2D eigenvalue weighted by molar-refractivity contribution is 0.599. The number of benzene rings is 1. The van der Waals surface area contributed by atoms with Crippen LogP contribution in [0, 0.1) is 0 Å². The largest absolute Gasteiger partial charge is 0.312 e. The lowest BCUT2D eigenvalue weighted by atomic mass is 10.3. The van der Waals surface area contributed by atoms with Crippen molar-refractivity contribution in [3.05, 3.63) is 46.7 Å². The Labute approximate surface area is 117 Å². The maximum Gasteiger partial charge on any atom is 0.263 e. The normalized spacial score (nSPS) is 11.4. The van der Waals surface area contributed by atoms with Gasteiger partial charge in [-0.1, -0.05) is 25.1 Å². The fraction of sp³-hybridized carbons (Fsp3) is 0.231. The lowest BCUT2D eigenvalue weighted by Crippen LogP contribution is -2.17. The Morgan fingerprint density at radius 3 is 2.58 bits per heavy atom. The van der Waals surface area contributed by atoms with Gasteiger partial charge in [-0.2, -0.15) is 0 Å². The molecular formula is C13H16N2O2S2. The number of nitrogens with one attached hydrogen (secondary N) is 2. The highest BCUT2D eigenvalue weighted by atomic mass is 32.2. The third kappa shape index (κ3) is 3.56. The van der Waals surface area contributed by atoms with Gasteiger partial charge in [0.15, 0.2) is 0 Å². The van der Waals surface area contributed by atoms with E-state index < -0.39 is 10.0 Å². The van der Waals surface area contributed by atoms with E-state index in [4.69, 9.17) is 0 Å². The number of anilines is 1. The Bertz CT molecular complexity index is 621. The fourth-order valence-electron chi connectivity index (χ4n) is 1.65. The molecule has 1 aromatic heterocycles. The van der Waals surface area contributed by atoms with Crippen molar-refractivity contribution in [1.82, 2.24) is 5.32 Å². The number of rotatable bonds is 6. The van der Waals surface area contributed by atoms with E-state index >= 15 is 0 Å². The van der Waals surface area contributed by atoms with Gasteiger partial charge < -0.3 is 5.32 Å². The zero-order valence-corrected chi connectivity index (χ0v) is 12.2. The van der Waals surface area contributed by atoms with Gasteiger partial charge in [0.05, 0.1) is 0 Å². The van der Waals surface area contributed by atoms with E-state index in [1.165, 1.54) is 11.3 Å². The summed E-state index contributed by atoms with van der Waals surface area (Å²) in [5.74, 6) is 0. The maximum atomic E-state index is 12.3. The molecule has 1 aromatic carbocycles. The van der Waals surface area contributed by atoms with Crippen molar-refractivity contribution in [2.75, 3.05) is 11.3 Å². The summed E-state index contributed by atoms with van der Waals surface area (Å²) in [4.78, 5) is 1.17. The Hall–Kier alpha value is -1.37.